The van der Waals surface area contributed by atoms with Crippen LogP contribution in [0, 0.1) is 0 Å². The summed E-state index contributed by atoms with van der Waals surface area (Å²) in [5.74, 6) is 0.904. The van der Waals surface area contributed by atoms with Crippen LogP contribution >= 0.6 is 0 Å². The number of aromatic nitrogens is 1. The highest BCUT2D eigenvalue weighted by molar-refractivity contribution is 5.29. The second kappa shape index (κ2) is 8.42. The fraction of sp³-hybridized carbons (Fsp3) is 0.389. The summed E-state index contributed by atoms with van der Waals surface area (Å²) in [6.45, 7) is 6.03. The van der Waals surface area contributed by atoms with E-state index in [-0.39, 0.29) is 0 Å². The molecule has 2 aromatic rings. The maximum atomic E-state index is 5.79. The minimum Gasteiger partial charge on any atom is -0.489 e. The largest absolute Gasteiger partial charge is 0.489 e. The summed E-state index contributed by atoms with van der Waals surface area (Å²) in [5.41, 5.74) is 2.45. The second-order valence-electron chi connectivity index (χ2n) is 5.13. The summed E-state index contributed by atoms with van der Waals surface area (Å²) in [4.78, 5) is 4.00. The fourth-order valence-corrected chi connectivity index (χ4v) is 2.26. The number of ether oxygens (including phenoxy) is 1. The summed E-state index contributed by atoms with van der Waals surface area (Å²) in [6, 6.07) is 12.8. The zero-order chi connectivity index (χ0) is 14.9. The molecule has 21 heavy (non-hydrogen) atoms. The van der Waals surface area contributed by atoms with E-state index in [0.717, 1.165) is 30.7 Å². The molecule has 0 spiro atoms. The zero-order valence-corrected chi connectivity index (χ0v) is 12.9. The van der Waals surface area contributed by atoms with Gasteiger partial charge in [0, 0.05) is 18.4 Å². The van der Waals surface area contributed by atoms with Crippen molar-refractivity contribution in [2.75, 3.05) is 6.54 Å². The normalized spacial score (nSPS) is 12.1. The van der Waals surface area contributed by atoms with Gasteiger partial charge in [-0.25, -0.2) is 0 Å². The van der Waals surface area contributed by atoms with Gasteiger partial charge < -0.3 is 10.1 Å². The number of hydrogen-bond acceptors (Lipinski definition) is 3. The Morgan fingerprint density at radius 1 is 1.05 bits per heavy atom. The standard InChI is InChI=1S/C18H24N2O/c1-3-11-20-18(4-2)16-5-7-17(8-6-16)21-14-15-9-12-19-13-10-15/h5-10,12-13,18,20H,3-4,11,14H2,1-2H3. The number of pyridine rings is 1. The van der Waals surface area contributed by atoms with Crippen molar-refractivity contribution in [2.45, 2.75) is 39.3 Å². The van der Waals surface area contributed by atoms with Crippen molar-refractivity contribution in [3.63, 3.8) is 0 Å². The summed E-state index contributed by atoms with van der Waals surface area (Å²) in [6.07, 6.45) is 5.82. The molecule has 3 nitrogen and oxygen atoms in total. The molecule has 1 N–H and O–H groups in total. The van der Waals surface area contributed by atoms with E-state index in [2.05, 4.69) is 36.3 Å². The Labute approximate surface area is 127 Å². The topological polar surface area (TPSA) is 34.1 Å². The van der Waals surface area contributed by atoms with Crippen molar-refractivity contribution in [1.29, 1.82) is 0 Å². The van der Waals surface area contributed by atoms with Crippen LogP contribution in [0.4, 0.5) is 0 Å². The summed E-state index contributed by atoms with van der Waals surface area (Å²) in [5, 5.41) is 3.56. The van der Waals surface area contributed by atoms with Crippen LogP contribution in [-0.4, -0.2) is 11.5 Å². The molecule has 3 heteroatoms. The van der Waals surface area contributed by atoms with E-state index in [9.17, 15) is 0 Å². The molecule has 0 saturated carbocycles. The van der Waals surface area contributed by atoms with Gasteiger partial charge in [0.2, 0.25) is 0 Å². The van der Waals surface area contributed by atoms with E-state index in [1.165, 1.54) is 5.56 Å². The number of nitrogens with zero attached hydrogens (tertiary/aromatic N) is 1. The Balaban J connectivity index is 1.92. The Morgan fingerprint density at radius 3 is 2.38 bits per heavy atom. The zero-order valence-electron chi connectivity index (χ0n) is 12.9. The number of benzene rings is 1. The first-order valence-corrected chi connectivity index (χ1v) is 7.68. The molecule has 1 heterocycles. The molecule has 0 aliphatic heterocycles. The molecule has 2 rings (SSSR count). The second-order valence-corrected chi connectivity index (χ2v) is 5.13. The van der Waals surface area contributed by atoms with Crippen molar-refractivity contribution in [3.8, 4) is 5.75 Å². The summed E-state index contributed by atoms with van der Waals surface area (Å²) < 4.78 is 5.79. The molecular weight excluding hydrogens is 260 g/mol. The third-order valence-corrected chi connectivity index (χ3v) is 3.49. The van der Waals surface area contributed by atoms with E-state index < -0.39 is 0 Å². The lowest BCUT2D eigenvalue weighted by molar-refractivity contribution is 0.306. The number of hydrogen-bond donors (Lipinski definition) is 1. The van der Waals surface area contributed by atoms with Crippen LogP contribution in [0.3, 0.4) is 0 Å². The lowest BCUT2D eigenvalue weighted by Gasteiger charge is -2.17. The predicted molar refractivity (Wildman–Crippen MR) is 86.3 cm³/mol. The predicted octanol–water partition coefficient (Wildman–Crippen LogP) is 4.11. The van der Waals surface area contributed by atoms with E-state index in [1.54, 1.807) is 12.4 Å². The smallest absolute Gasteiger partial charge is 0.119 e. The SMILES string of the molecule is CCCNC(CC)c1ccc(OCc2ccncc2)cc1. The molecule has 1 unspecified atom stereocenters. The minimum absolute atomic E-state index is 0.430. The lowest BCUT2D eigenvalue weighted by Crippen LogP contribution is -2.21. The van der Waals surface area contributed by atoms with Gasteiger partial charge in [-0.15, -0.1) is 0 Å². The number of rotatable bonds is 8. The van der Waals surface area contributed by atoms with Crippen LogP contribution in [0.25, 0.3) is 0 Å². The molecular formula is C18H24N2O. The summed E-state index contributed by atoms with van der Waals surface area (Å²) in [7, 11) is 0. The van der Waals surface area contributed by atoms with Crippen molar-refractivity contribution < 1.29 is 4.74 Å². The monoisotopic (exact) mass is 284 g/mol. The highest BCUT2D eigenvalue weighted by atomic mass is 16.5. The Hall–Kier alpha value is -1.87. The first-order valence-electron chi connectivity index (χ1n) is 7.68. The van der Waals surface area contributed by atoms with E-state index >= 15 is 0 Å². The molecule has 1 aromatic heterocycles. The third kappa shape index (κ3) is 4.87. The van der Waals surface area contributed by atoms with Gasteiger partial charge in [-0.2, -0.15) is 0 Å². The van der Waals surface area contributed by atoms with Gasteiger partial charge in [0.15, 0.2) is 0 Å². The van der Waals surface area contributed by atoms with Gasteiger partial charge >= 0.3 is 0 Å². The highest BCUT2D eigenvalue weighted by Crippen LogP contribution is 2.20. The molecule has 0 saturated heterocycles. The van der Waals surface area contributed by atoms with Crippen LogP contribution in [0.1, 0.15) is 43.9 Å². The Kier molecular flexibility index (Phi) is 6.22. The van der Waals surface area contributed by atoms with Crippen LogP contribution in [0.5, 0.6) is 5.75 Å². The molecule has 0 aliphatic carbocycles. The van der Waals surface area contributed by atoms with Crippen molar-refractivity contribution in [1.82, 2.24) is 10.3 Å². The van der Waals surface area contributed by atoms with Crippen molar-refractivity contribution >= 4 is 0 Å². The molecule has 0 bridgehead atoms. The van der Waals surface area contributed by atoms with Gasteiger partial charge in [-0.05, 0) is 54.8 Å². The molecule has 0 fully saturated rings. The Morgan fingerprint density at radius 2 is 1.76 bits per heavy atom. The van der Waals surface area contributed by atoms with Gasteiger partial charge in [0.25, 0.3) is 0 Å². The molecule has 1 aromatic carbocycles. The minimum atomic E-state index is 0.430. The van der Waals surface area contributed by atoms with E-state index in [0.29, 0.717) is 12.6 Å². The quantitative estimate of drug-likeness (QED) is 0.792. The molecule has 0 aliphatic rings. The van der Waals surface area contributed by atoms with Crippen LogP contribution in [0.2, 0.25) is 0 Å². The first kappa shape index (κ1) is 15.5. The van der Waals surface area contributed by atoms with Crippen LogP contribution in [-0.2, 0) is 6.61 Å². The van der Waals surface area contributed by atoms with E-state index in [4.69, 9.17) is 4.74 Å². The van der Waals surface area contributed by atoms with Crippen molar-refractivity contribution in [2.24, 2.45) is 0 Å². The third-order valence-electron chi connectivity index (χ3n) is 3.49. The average molecular weight is 284 g/mol. The fourth-order valence-electron chi connectivity index (χ4n) is 2.26. The molecule has 0 radical (unpaired) electrons. The van der Waals surface area contributed by atoms with Gasteiger partial charge in [0.1, 0.15) is 12.4 Å². The molecule has 0 amide bonds. The summed E-state index contributed by atoms with van der Waals surface area (Å²) >= 11 is 0. The van der Waals surface area contributed by atoms with E-state index in [1.807, 2.05) is 24.3 Å². The van der Waals surface area contributed by atoms with Crippen LogP contribution < -0.4 is 10.1 Å². The maximum Gasteiger partial charge on any atom is 0.119 e. The number of nitrogens with one attached hydrogen (secondary N) is 1. The average Bonchev–Trinajstić information content (AvgIpc) is 2.56. The van der Waals surface area contributed by atoms with Gasteiger partial charge in [-0.1, -0.05) is 26.0 Å². The molecule has 112 valence electrons. The first-order chi connectivity index (χ1) is 10.3. The van der Waals surface area contributed by atoms with Gasteiger partial charge in [-0.3, -0.25) is 4.98 Å². The van der Waals surface area contributed by atoms with Crippen molar-refractivity contribution in [3.05, 3.63) is 59.9 Å². The maximum absolute atomic E-state index is 5.79. The highest BCUT2D eigenvalue weighted by Gasteiger charge is 2.07. The lowest BCUT2D eigenvalue weighted by atomic mass is 10.0. The van der Waals surface area contributed by atoms with Crippen LogP contribution in [0.15, 0.2) is 48.8 Å². The Bertz CT molecular complexity index is 511. The van der Waals surface area contributed by atoms with Gasteiger partial charge in [0.05, 0.1) is 0 Å². The molecule has 1 atom stereocenters.